The van der Waals surface area contributed by atoms with Crippen LogP contribution in [0.3, 0.4) is 0 Å². The number of nitrogens with one attached hydrogen (secondary N) is 2. The maximum atomic E-state index is 12.6. The molecule has 1 unspecified atom stereocenters. The molecule has 1 saturated heterocycles. The van der Waals surface area contributed by atoms with Gasteiger partial charge in [0.1, 0.15) is 6.04 Å². The summed E-state index contributed by atoms with van der Waals surface area (Å²) in [6.07, 6.45) is 4.18. The van der Waals surface area contributed by atoms with Gasteiger partial charge in [-0.25, -0.2) is 0 Å². The van der Waals surface area contributed by atoms with Gasteiger partial charge in [-0.2, -0.15) is 0 Å². The first kappa shape index (κ1) is 19.4. The van der Waals surface area contributed by atoms with Crippen LogP contribution in [0.25, 0.3) is 0 Å². The van der Waals surface area contributed by atoms with Gasteiger partial charge in [-0.05, 0) is 31.7 Å². The second-order valence-corrected chi connectivity index (χ2v) is 6.84. The molecule has 1 heterocycles. The van der Waals surface area contributed by atoms with Gasteiger partial charge in [0.15, 0.2) is 0 Å². The lowest BCUT2D eigenvalue weighted by Crippen LogP contribution is -2.60. The summed E-state index contributed by atoms with van der Waals surface area (Å²) in [5.74, 6) is 0.0466. The molecule has 5 heteroatoms. The van der Waals surface area contributed by atoms with Gasteiger partial charge in [0.2, 0.25) is 11.8 Å². The van der Waals surface area contributed by atoms with Crippen LogP contribution >= 0.6 is 0 Å². The first-order valence-electron chi connectivity index (χ1n) is 9.46. The fraction of sp³-hybridized carbons (Fsp3) is 0.600. The van der Waals surface area contributed by atoms with Crippen LogP contribution in [0.5, 0.6) is 0 Å². The third-order valence-electron chi connectivity index (χ3n) is 4.68. The maximum Gasteiger partial charge on any atom is 0.244 e. The molecule has 5 nitrogen and oxygen atoms in total. The van der Waals surface area contributed by atoms with Gasteiger partial charge in [-0.1, -0.05) is 43.7 Å². The van der Waals surface area contributed by atoms with Crippen LogP contribution in [0, 0.1) is 0 Å². The van der Waals surface area contributed by atoms with Crippen molar-refractivity contribution in [3.63, 3.8) is 0 Å². The Morgan fingerprint density at radius 2 is 2.08 bits per heavy atom. The summed E-state index contributed by atoms with van der Waals surface area (Å²) in [4.78, 5) is 26.9. The van der Waals surface area contributed by atoms with E-state index in [1.807, 2.05) is 25.1 Å². The Hall–Kier alpha value is -1.88. The number of carbonyl (C=O) groups excluding carboxylic acids is 2. The van der Waals surface area contributed by atoms with Crippen LogP contribution in [-0.2, 0) is 16.0 Å². The molecule has 2 rings (SSSR count). The Kier molecular flexibility index (Phi) is 7.92. The average molecular weight is 345 g/mol. The molecule has 0 aliphatic carbocycles. The van der Waals surface area contributed by atoms with Crippen molar-refractivity contribution in [2.45, 2.75) is 58.0 Å². The molecule has 138 valence electrons. The lowest BCUT2D eigenvalue weighted by atomic mass is 10.1. The third-order valence-corrected chi connectivity index (χ3v) is 4.68. The van der Waals surface area contributed by atoms with Gasteiger partial charge in [-0.3, -0.25) is 9.59 Å². The lowest BCUT2D eigenvalue weighted by molar-refractivity contribution is -0.141. The minimum atomic E-state index is -0.391. The van der Waals surface area contributed by atoms with E-state index in [0.29, 0.717) is 19.5 Å². The molecule has 1 aliphatic rings. The summed E-state index contributed by atoms with van der Waals surface area (Å²) >= 11 is 0. The Morgan fingerprint density at radius 3 is 2.80 bits per heavy atom. The molecule has 0 bridgehead atoms. The number of carbonyl (C=O) groups is 2. The number of aryl methyl sites for hydroxylation is 1. The van der Waals surface area contributed by atoms with E-state index in [9.17, 15) is 9.59 Å². The number of hydrogen-bond donors (Lipinski definition) is 2. The summed E-state index contributed by atoms with van der Waals surface area (Å²) in [5, 5.41) is 6.28. The van der Waals surface area contributed by atoms with E-state index in [1.165, 1.54) is 5.56 Å². The van der Waals surface area contributed by atoms with E-state index in [-0.39, 0.29) is 17.9 Å². The maximum absolute atomic E-state index is 12.6. The minimum Gasteiger partial charge on any atom is -0.352 e. The zero-order valence-electron chi connectivity index (χ0n) is 15.5. The summed E-state index contributed by atoms with van der Waals surface area (Å²) in [6.45, 7) is 6.01. The fourth-order valence-corrected chi connectivity index (χ4v) is 3.31. The van der Waals surface area contributed by atoms with E-state index < -0.39 is 6.04 Å². The molecule has 0 saturated carbocycles. The van der Waals surface area contributed by atoms with Crippen molar-refractivity contribution in [3.8, 4) is 0 Å². The summed E-state index contributed by atoms with van der Waals surface area (Å²) < 4.78 is 0. The Morgan fingerprint density at radius 1 is 1.32 bits per heavy atom. The van der Waals surface area contributed by atoms with Gasteiger partial charge >= 0.3 is 0 Å². The van der Waals surface area contributed by atoms with Gasteiger partial charge in [0.25, 0.3) is 0 Å². The summed E-state index contributed by atoms with van der Waals surface area (Å²) in [5.41, 5.74) is 1.25. The molecule has 1 aromatic carbocycles. The molecular formula is C20H31N3O2. The molecule has 2 atom stereocenters. The fourth-order valence-electron chi connectivity index (χ4n) is 3.31. The number of amides is 2. The summed E-state index contributed by atoms with van der Waals surface area (Å²) in [7, 11) is 0. The van der Waals surface area contributed by atoms with Crippen molar-refractivity contribution in [1.29, 1.82) is 0 Å². The van der Waals surface area contributed by atoms with Gasteiger partial charge in [-0.15, -0.1) is 0 Å². The highest BCUT2D eigenvalue weighted by Gasteiger charge is 2.32. The van der Waals surface area contributed by atoms with Gasteiger partial charge in [0.05, 0.1) is 0 Å². The Labute approximate surface area is 151 Å². The molecule has 2 N–H and O–H groups in total. The largest absolute Gasteiger partial charge is 0.352 e. The van der Waals surface area contributed by atoms with E-state index in [4.69, 9.17) is 0 Å². The standard InChI is InChI=1S/C20H31N3O2/c1-3-8-16(2)22-20(25)18-15-21-13-14-23(18)19(24)12-7-11-17-9-5-4-6-10-17/h4-6,9-10,16,18,21H,3,7-8,11-15H2,1-2H3,(H,22,25)/t16?,18-/m1/s1. The van der Waals surface area contributed by atoms with Crippen molar-refractivity contribution in [2.75, 3.05) is 19.6 Å². The monoisotopic (exact) mass is 345 g/mol. The zero-order chi connectivity index (χ0) is 18.1. The molecule has 1 aliphatic heterocycles. The van der Waals surface area contributed by atoms with E-state index in [1.54, 1.807) is 4.90 Å². The first-order chi connectivity index (χ1) is 12.1. The van der Waals surface area contributed by atoms with Crippen LogP contribution in [0.4, 0.5) is 0 Å². The lowest BCUT2D eigenvalue weighted by Gasteiger charge is -2.36. The molecule has 0 aromatic heterocycles. The average Bonchev–Trinajstić information content (AvgIpc) is 2.62. The predicted molar refractivity (Wildman–Crippen MR) is 100 cm³/mol. The molecule has 2 amide bonds. The molecule has 0 radical (unpaired) electrons. The number of nitrogens with zero attached hydrogens (tertiary/aromatic N) is 1. The highest BCUT2D eigenvalue weighted by Crippen LogP contribution is 2.11. The third kappa shape index (κ3) is 6.16. The molecule has 25 heavy (non-hydrogen) atoms. The van der Waals surface area contributed by atoms with Crippen molar-refractivity contribution < 1.29 is 9.59 Å². The SMILES string of the molecule is CCCC(C)NC(=O)[C@H]1CNCCN1C(=O)CCCc1ccccc1. The van der Waals surface area contributed by atoms with Crippen molar-refractivity contribution in [3.05, 3.63) is 35.9 Å². The van der Waals surface area contributed by atoms with E-state index in [0.717, 1.165) is 32.2 Å². The Balaban J connectivity index is 1.85. The van der Waals surface area contributed by atoms with Crippen molar-refractivity contribution in [1.82, 2.24) is 15.5 Å². The zero-order valence-corrected chi connectivity index (χ0v) is 15.5. The molecular weight excluding hydrogens is 314 g/mol. The summed E-state index contributed by atoms with van der Waals surface area (Å²) in [6, 6.07) is 9.96. The number of rotatable bonds is 8. The predicted octanol–water partition coefficient (Wildman–Crippen LogP) is 2.11. The van der Waals surface area contributed by atoms with Gasteiger partial charge in [0, 0.05) is 32.1 Å². The normalized spacial score (nSPS) is 18.6. The Bertz CT molecular complexity index is 547. The van der Waals surface area contributed by atoms with Crippen LogP contribution in [0.15, 0.2) is 30.3 Å². The highest BCUT2D eigenvalue weighted by atomic mass is 16.2. The van der Waals surface area contributed by atoms with Crippen molar-refractivity contribution in [2.24, 2.45) is 0 Å². The van der Waals surface area contributed by atoms with Gasteiger partial charge < -0.3 is 15.5 Å². The van der Waals surface area contributed by atoms with Crippen LogP contribution in [-0.4, -0.2) is 48.4 Å². The van der Waals surface area contributed by atoms with E-state index in [2.05, 4.69) is 29.7 Å². The topological polar surface area (TPSA) is 61.4 Å². The second kappa shape index (κ2) is 10.2. The van der Waals surface area contributed by atoms with Crippen LogP contribution in [0.2, 0.25) is 0 Å². The highest BCUT2D eigenvalue weighted by molar-refractivity contribution is 5.88. The van der Waals surface area contributed by atoms with E-state index >= 15 is 0 Å². The molecule has 0 spiro atoms. The first-order valence-corrected chi connectivity index (χ1v) is 9.46. The molecule has 1 fully saturated rings. The second-order valence-electron chi connectivity index (χ2n) is 6.84. The van der Waals surface area contributed by atoms with Crippen LogP contribution < -0.4 is 10.6 Å². The number of hydrogen-bond acceptors (Lipinski definition) is 3. The minimum absolute atomic E-state index is 0.0374. The quantitative estimate of drug-likeness (QED) is 0.759. The van der Waals surface area contributed by atoms with Crippen LogP contribution in [0.1, 0.15) is 45.1 Å². The molecule has 1 aromatic rings. The number of piperazine rings is 1. The van der Waals surface area contributed by atoms with Crippen molar-refractivity contribution >= 4 is 11.8 Å². The number of benzene rings is 1. The smallest absolute Gasteiger partial charge is 0.244 e.